The third-order valence-corrected chi connectivity index (χ3v) is 5.56. The molecule has 0 radical (unpaired) electrons. The molecule has 3 heterocycles. The van der Waals surface area contributed by atoms with Gasteiger partial charge in [0, 0.05) is 43.0 Å². The topological polar surface area (TPSA) is 76.4 Å². The molecule has 2 aromatic heterocycles. The van der Waals surface area contributed by atoms with Gasteiger partial charge in [-0.2, -0.15) is 5.10 Å². The van der Waals surface area contributed by atoms with Crippen LogP contribution in [0.25, 0.3) is 5.82 Å². The normalized spacial score (nSPS) is 14.1. The number of ether oxygens (including phenoxy) is 1. The lowest BCUT2D eigenvalue weighted by Gasteiger charge is -2.35. The van der Waals surface area contributed by atoms with Crippen molar-refractivity contribution < 1.29 is 9.53 Å². The quantitative estimate of drug-likeness (QED) is 0.620. The van der Waals surface area contributed by atoms with E-state index in [2.05, 4.69) is 20.0 Å². The highest BCUT2D eigenvalue weighted by Crippen LogP contribution is 2.25. The molecular weight excluding hydrogens is 416 g/mol. The number of amides is 1. The Balaban J connectivity index is 1.51. The zero-order chi connectivity index (χ0) is 22.1. The molecular formula is C22H25ClN6O2. The Bertz CT molecular complexity index is 1120. The summed E-state index contributed by atoms with van der Waals surface area (Å²) in [5.41, 5.74) is 2.44. The van der Waals surface area contributed by atoms with Gasteiger partial charge in [0.05, 0.1) is 18.4 Å². The third-order valence-electron chi connectivity index (χ3n) is 5.32. The number of carbonyl (C=O) groups is 1. The number of carbonyl (C=O) groups excluding carboxylic acids is 1. The summed E-state index contributed by atoms with van der Waals surface area (Å²) in [7, 11) is 1.55. The first-order valence-electron chi connectivity index (χ1n) is 10.1. The number of hydrogen-bond acceptors (Lipinski definition) is 6. The van der Waals surface area contributed by atoms with Gasteiger partial charge in [0.2, 0.25) is 0 Å². The molecule has 1 aliphatic heterocycles. The SMILES string of the molecule is COc1ccc(Cl)cc1C(=O)N1CCN(c2cc(-n3nc(C)cc3C)nc(C)n2)CC1. The Morgan fingerprint density at radius 2 is 1.71 bits per heavy atom. The van der Waals surface area contributed by atoms with E-state index in [0.717, 1.165) is 23.0 Å². The van der Waals surface area contributed by atoms with Gasteiger partial charge in [-0.15, -0.1) is 0 Å². The first kappa shape index (κ1) is 21.1. The van der Waals surface area contributed by atoms with Crippen LogP contribution in [-0.4, -0.2) is 63.8 Å². The monoisotopic (exact) mass is 440 g/mol. The van der Waals surface area contributed by atoms with Gasteiger partial charge in [0.1, 0.15) is 17.4 Å². The van der Waals surface area contributed by atoms with Gasteiger partial charge in [-0.05, 0) is 45.0 Å². The molecule has 1 amide bonds. The van der Waals surface area contributed by atoms with Crippen LogP contribution in [0.15, 0.2) is 30.3 Å². The number of benzene rings is 1. The molecule has 0 N–H and O–H groups in total. The third kappa shape index (κ3) is 4.34. The van der Waals surface area contributed by atoms with Crippen LogP contribution in [0.4, 0.5) is 5.82 Å². The molecule has 1 aromatic carbocycles. The number of rotatable bonds is 4. The number of piperazine rings is 1. The number of hydrogen-bond donors (Lipinski definition) is 0. The van der Waals surface area contributed by atoms with Crippen LogP contribution in [0.3, 0.4) is 0 Å². The predicted molar refractivity (Wildman–Crippen MR) is 119 cm³/mol. The van der Waals surface area contributed by atoms with Crippen LogP contribution >= 0.6 is 11.6 Å². The fourth-order valence-corrected chi connectivity index (χ4v) is 4.00. The molecule has 0 saturated carbocycles. The van der Waals surface area contributed by atoms with Crippen molar-refractivity contribution in [2.45, 2.75) is 20.8 Å². The first-order valence-corrected chi connectivity index (χ1v) is 10.5. The maximum Gasteiger partial charge on any atom is 0.257 e. The number of aromatic nitrogens is 4. The minimum Gasteiger partial charge on any atom is -0.496 e. The summed E-state index contributed by atoms with van der Waals surface area (Å²) >= 11 is 6.10. The summed E-state index contributed by atoms with van der Waals surface area (Å²) < 4.78 is 7.17. The van der Waals surface area contributed by atoms with E-state index in [1.807, 2.05) is 42.5 Å². The van der Waals surface area contributed by atoms with Gasteiger partial charge in [-0.1, -0.05) is 11.6 Å². The molecule has 9 heteroatoms. The highest BCUT2D eigenvalue weighted by Gasteiger charge is 2.25. The lowest BCUT2D eigenvalue weighted by Crippen LogP contribution is -2.49. The molecule has 31 heavy (non-hydrogen) atoms. The number of nitrogens with zero attached hydrogens (tertiary/aromatic N) is 6. The fourth-order valence-electron chi connectivity index (χ4n) is 3.82. The average molecular weight is 441 g/mol. The van der Waals surface area contributed by atoms with E-state index >= 15 is 0 Å². The van der Waals surface area contributed by atoms with Crippen molar-refractivity contribution in [3.63, 3.8) is 0 Å². The molecule has 0 atom stereocenters. The average Bonchev–Trinajstić information content (AvgIpc) is 3.11. The van der Waals surface area contributed by atoms with Crippen LogP contribution in [0, 0.1) is 20.8 Å². The maximum absolute atomic E-state index is 13.0. The van der Waals surface area contributed by atoms with Crippen LogP contribution < -0.4 is 9.64 Å². The molecule has 0 unspecified atom stereocenters. The summed E-state index contributed by atoms with van der Waals surface area (Å²) in [6.07, 6.45) is 0. The van der Waals surface area contributed by atoms with Crippen molar-refractivity contribution in [2.24, 2.45) is 0 Å². The molecule has 1 saturated heterocycles. The van der Waals surface area contributed by atoms with Gasteiger partial charge >= 0.3 is 0 Å². The largest absolute Gasteiger partial charge is 0.496 e. The van der Waals surface area contributed by atoms with E-state index in [4.69, 9.17) is 16.3 Å². The smallest absolute Gasteiger partial charge is 0.257 e. The van der Waals surface area contributed by atoms with Crippen LogP contribution in [-0.2, 0) is 0 Å². The predicted octanol–water partition coefficient (Wildman–Crippen LogP) is 3.21. The zero-order valence-electron chi connectivity index (χ0n) is 18.1. The Labute approximate surface area is 186 Å². The van der Waals surface area contributed by atoms with Crippen molar-refractivity contribution in [1.82, 2.24) is 24.6 Å². The second kappa shape index (κ2) is 8.55. The van der Waals surface area contributed by atoms with Gasteiger partial charge < -0.3 is 14.5 Å². The summed E-state index contributed by atoms with van der Waals surface area (Å²) in [6, 6.07) is 9.06. The Morgan fingerprint density at radius 1 is 1.00 bits per heavy atom. The second-order valence-electron chi connectivity index (χ2n) is 7.59. The lowest BCUT2D eigenvalue weighted by atomic mass is 10.1. The lowest BCUT2D eigenvalue weighted by molar-refractivity contribution is 0.0743. The van der Waals surface area contributed by atoms with Crippen LogP contribution in [0.5, 0.6) is 5.75 Å². The summed E-state index contributed by atoms with van der Waals surface area (Å²) in [5, 5.41) is 5.04. The van der Waals surface area contributed by atoms with Crippen molar-refractivity contribution in [1.29, 1.82) is 0 Å². The zero-order valence-corrected chi connectivity index (χ0v) is 18.8. The minimum atomic E-state index is -0.0822. The minimum absolute atomic E-state index is 0.0822. The van der Waals surface area contributed by atoms with Crippen molar-refractivity contribution >= 4 is 23.3 Å². The number of methoxy groups -OCH3 is 1. The molecule has 162 valence electrons. The summed E-state index contributed by atoms with van der Waals surface area (Å²) in [6.45, 7) is 8.34. The fraction of sp³-hybridized carbons (Fsp3) is 0.364. The van der Waals surface area contributed by atoms with E-state index in [-0.39, 0.29) is 5.91 Å². The van der Waals surface area contributed by atoms with Crippen molar-refractivity contribution in [3.05, 3.63) is 58.1 Å². The molecule has 0 spiro atoms. The van der Waals surface area contributed by atoms with E-state index in [1.165, 1.54) is 0 Å². The molecule has 0 bridgehead atoms. The molecule has 1 aliphatic rings. The van der Waals surface area contributed by atoms with Crippen LogP contribution in [0.2, 0.25) is 5.02 Å². The highest BCUT2D eigenvalue weighted by atomic mass is 35.5. The molecule has 3 aromatic rings. The molecule has 0 aliphatic carbocycles. The molecule has 1 fully saturated rings. The Morgan fingerprint density at radius 3 is 2.35 bits per heavy atom. The maximum atomic E-state index is 13.0. The van der Waals surface area contributed by atoms with Gasteiger partial charge in [-0.25, -0.2) is 14.6 Å². The summed E-state index contributed by atoms with van der Waals surface area (Å²) in [5.74, 6) is 2.71. The number of halogens is 1. The number of anilines is 1. The van der Waals surface area contributed by atoms with Crippen LogP contribution in [0.1, 0.15) is 27.6 Å². The van der Waals surface area contributed by atoms with Gasteiger partial charge in [0.15, 0.2) is 5.82 Å². The number of aryl methyl sites for hydroxylation is 3. The summed E-state index contributed by atoms with van der Waals surface area (Å²) in [4.78, 5) is 26.2. The van der Waals surface area contributed by atoms with E-state index in [1.54, 1.807) is 25.3 Å². The van der Waals surface area contributed by atoms with Gasteiger partial charge in [-0.3, -0.25) is 4.79 Å². The standard InChI is InChI=1S/C22H25ClN6O2/c1-14-11-15(2)29(26-14)21-13-20(24-16(3)25-21)27-7-9-28(10-8-27)22(30)18-12-17(23)5-6-19(18)31-4/h5-6,11-13H,7-10H2,1-4H3. The molecule has 4 rings (SSSR count). The van der Waals surface area contributed by atoms with E-state index in [0.29, 0.717) is 48.3 Å². The van der Waals surface area contributed by atoms with Crippen molar-refractivity contribution in [2.75, 3.05) is 38.2 Å². The van der Waals surface area contributed by atoms with Crippen molar-refractivity contribution in [3.8, 4) is 11.6 Å². The first-order chi connectivity index (χ1) is 14.9. The van der Waals surface area contributed by atoms with E-state index < -0.39 is 0 Å². The van der Waals surface area contributed by atoms with Gasteiger partial charge in [0.25, 0.3) is 5.91 Å². The molecule has 8 nitrogen and oxygen atoms in total. The Hall–Kier alpha value is -3.13. The van der Waals surface area contributed by atoms with E-state index in [9.17, 15) is 4.79 Å². The highest BCUT2D eigenvalue weighted by molar-refractivity contribution is 6.31. The second-order valence-corrected chi connectivity index (χ2v) is 8.03. The Kier molecular flexibility index (Phi) is 5.82.